The standard InChI is InChI=1S/C18H17ClN4O3S/c1-12-17(11-22-23(12)15-6-4-14(19)5-7-15)18(24)21-10-13-2-8-16(9-3-13)27(20,25)26/h2-9,11H,10H2,1H3,(H,21,24)(H2,20,25,26). The summed E-state index contributed by atoms with van der Waals surface area (Å²) in [6.45, 7) is 2.05. The Hall–Kier alpha value is -2.68. The zero-order valence-corrected chi connectivity index (χ0v) is 16.0. The number of primary sulfonamides is 1. The van der Waals surface area contributed by atoms with Gasteiger partial charge in [-0.2, -0.15) is 5.10 Å². The van der Waals surface area contributed by atoms with Crippen molar-refractivity contribution in [2.45, 2.75) is 18.4 Å². The van der Waals surface area contributed by atoms with Crippen LogP contribution in [-0.4, -0.2) is 24.1 Å². The molecule has 0 aliphatic heterocycles. The molecule has 0 aliphatic rings. The van der Waals surface area contributed by atoms with Crippen LogP contribution in [0.3, 0.4) is 0 Å². The molecule has 0 fully saturated rings. The molecule has 2 aromatic carbocycles. The fourth-order valence-electron chi connectivity index (χ4n) is 2.55. The number of carbonyl (C=O) groups is 1. The van der Waals surface area contributed by atoms with Crippen LogP contribution in [0.15, 0.2) is 59.6 Å². The minimum absolute atomic E-state index is 0.0256. The molecule has 0 radical (unpaired) electrons. The molecule has 0 saturated carbocycles. The highest BCUT2D eigenvalue weighted by Gasteiger charge is 2.15. The van der Waals surface area contributed by atoms with Crippen molar-refractivity contribution in [2.24, 2.45) is 5.14 Å². The fraction of sp³-hybridized carbons (Fsp3) is 0.111. The molecule has 140 valence electrons. The van der Waals surface area contributed by atoms with Crippen molar-refractivity contribution >= 4 is 27.5 Å². The Morgan fingerprint density at radius 1 is 1.15 bits per heavy atom. The zero-order chi connectivity index (χ0) is 19.6. The molecule has 1 amide bonds. The Bertz CT molecular complexity index is 1070. The van der Waals surface area contributed by atoms with E-state index in [9.17, 15) is 13.2 Å². The third kappa shape index (κ3) is 4.36. The highest BCUT2D eigenvalue weighted by atomic mass is 35.5. The first-order chi connectivity index (χ1) is 12.8. The molecule has 0 unspecified atom stereocenters. The number of hydrogen-bond acceptors (Lipinski definition) is 4. The highest BCUT2D eigenvalue weighted by Crippen LogP contribution is 2.17. The maximum atomic E-state index is 12.5. The molecule has 1 aromatic heterocycles. The predicted molar refractivity (Wildman–Crippen MR) is 102 cm³/mol. The summed E-state index contributed by atoms with van der Waals surface area (Å²) >= 11 is 5.89. The summed E-state index contributed by atoms with van der Waals surface area (Å²) in [7, 11) is -3.73. The number of sulfonamides is 1. The maximum Gasteiger partial charge on any atom is 0.255 e. The van der Waals surface area contributed by atoms with Gasteiger partial charge in [-0.1, -0.05) is 23.7 Å². The fourth-order valence-corrected chi connectivity index (χ4v) is 3.19. The monoisotopic (exact) mass is 404 g/mol. The van der Waals surface area contributed by atoms with Gasteiger partial charge in [0, 0.05) is 11.6 Å². The average molecular weight is 405 g/mol. The second-order valence-corrected chi connectivity index (χ2v) is 7.90. The third-order valence-corrected chi connectivity index (χ3v) is 5.21. The number of hydrogen-bond donors (Lipinski definition) is 2. The minimum Gasteiger partial charge on any atom is -0.348 e. The maximum absolute atomic E-state index is 12.5. The number of benzene rings is 2. The molecule has 3 rings (SSSR count). The molecule has 0 bridgehead atoms. The van der Waals surface area contributed by atoms with Gasteiger partial charge in [-0.3, -0.25) is 4.79 Å². The Morgan fingerprint density at radius 3 is 2.37 bits per heavy atom. The van der Waals surface area contributed by atoms with E-state index in [2.05, 4.69) is 10.4 Å². The van der Waals surface area contributed by atoms with Crippen LogP contribution < -0.4 is 10.5 Å². The summed E-state index contributed by atoms with van der Waals surface area (Å²) < 4.78 is 24.2. The van der Waals surface area contributed by atoms with E-state index in [0.29, 0.717) is 16.3 Å². The van der Waals surface area contributed by atoms with Crippen LogP contribution in [0.4, 0.5) is 0 Å². The molecule has 0 saturated heterocycles. The molecular weight excluding hydrogens is 388 g/mol. The summed E-state index contributed by atoms with van der Waals surface area (Å²) in [5, 5.41) is 12.7. The van der Waals surface area contributed by atoms with Gasteiger partial charge in [-0.15, -0.1) is 0 Å². The summed E-state index contributed by atoms with van der Waals surface area (Å²) in [5.74, 6) is -0.275. The van der Waals surface area contributed by atoms with Crippen molar-refractivity contribution < 1.29 is 13.2 Å². The Labute approximate surface area is 161 Å². The average Bonchev–Trinajstić information content (AvgIpc) is 3.01. The second-order valence-electron chi connectivity index (χ2n) is 5.90. The third-order valence-electron chi connectivity index (χ3n) is 4.03. The molecule has 9 heteroatoms. The van der Waals surface area contributed by atoms with E-state index in [1.807, 2.05) is 12.1 Å². The summed E-state index contributed by atoms with van der Waals surface area (Å²) in [6.07, 6.45) is 1.50. The molecule has 1 heterocycles. The lowest BCUT2D eigenvalue weighted by atomic mass is 10.2. The van der Waals surface area contributed by atoms with Crippen LogP contribution in [0, 0.1) is 6.92 Å². The molecule has 0 atom stereocenters. The first-order valence-corrected chi connectivity index (χ1v) is 9.88. The van der Waals surface area contributed by atoms with Gasteiger partial charge in [0.05, 0.1) is 28.0 Å². The lowest BCUT2D eigenvalue weighted by molar-refractivity contribution is 0.0950. The van der Waals surface area contributed by atoms with E-state index in [-0.39, 0.29) is 17.3 Å². The summed E-state index contributed by atoms with van der Waals surface area (Å²) in [5.41, 5.74) is 2.69. The number of rotatable bonds is 5. The van der Waals surface area contributed by atoms with Crippen molar-refractivity contribution in [3.8, 4) is 5.69 Å². The van der Waals surface area contributed by atoms with Crippen LogP contribution in [0.2, 0.25) is 5.02 Å². The van der Waals surface area contributed by atoms with E-state index in [4.69, 9.17) is 16.7 Å². The number of amides is 1. The van der Waals surface area contributed by atoms with Crippen molar-refractivity contribution in [1.82, 2.24) is 15.1 Å². The molecular formula is C18H17ClN4O3S. The Morgan fingerprint density at radius 2 is 1.78 bits per heavy atom. The van der Waals surface area contributed by atoms with Crippen molar-refractivity contribution in [3.63, 3.8) is 0 Å². The lowest BCUT2D eigenvalue weighted by Gasteiger charge is -2.07. The van der Waals surface area contributed by atoms with Gasteiger partial charge in [-0.25, -0.2) is 18.2 Å². The Balaban J connectivity index is 1.71. The van der Waals surface area contributed by atoms with E-state index >= 15 is 0 Å². The second kappa shape index (κ2) is 7.51. The molecule has 0 spiro atoms. The predicted octanol–water partition coefficient (Wildman–Crippen LogP) is 2.41. The van der Waals surface area contributed by atoms with Gasteiger partial charge in [-0.05, 0) is 48.9 Å². The van der Waals surface area contributed by atoms with Crippen LogP contribution in [0.1, 0.15) is 21.6 Å². The first kappa shape index (κ1) is 19.1. The molecule has 0 aliphatic carbocycles. The van der Waals surface area contributed by atoms with Crippen LogP contribution in [0.25, 0.3) is 5.69 Å². The molecule has 3 N–H and O–H groups in total. The van der Waals surface area contributed by atoms with Crippen molar-refractivity contribution in [3.05, 3.63) is 76.6 Å². The Kier molecular flexibility index (Phi) is 5.31. The SMILES string of the molecule is Cc1c(C(=O)NCc2ccc(S(N)(=O)=O)cc2)cnn1-c1ccc(Cl)cc1. The molecule has 3 aromatic rings. The van der Waals surface area contributed by atoms with Gasteiger partial charge < -0.3 is 5.32 Å². The smallest absolute Gasteiger partial charge is 0.255 e. The van der Waals surface area contributed by atoms with Crippen molar-refractivity contribution in [2.75, 3.05) is 0 Å². The lowest BCUT2D eigenvalue weighted by Crippen LogP contribution is -2.23. The number of nitrogens with one attached hydrogen (secondary N) is 1. The highest BCUT2D eigenvalue weighted by molar-refractivity contribution is 7.89. The van der Waals surface area contributed by atoms with Gasteiger partial charge in [0.25, 0.3) is 5.91 Å². The number of halogens is 1. The topological polar surface area (TPSA) is 107 Å². The van der Waals surface area contributed by atoms with Gasteiger partial charge in [0.1, 0.15) is 0 Å². The summed E-state index contributed by atoms with van der Waals surface area (Å²) in [4.78, 5) is 12.5. The van der Waals surface area contributed by atoms with Gasteiger partial charge >= 0.3 is 0 Å². The number of nitrogens with zero attached hydrogens (tertiary/aromatic N) is 2. The normalized spacial score (nSPS) is 11.4. The minimum atomic E-state index is -3.73. The number of carbonyl (C=O) groups excluding carboxylic acids is 1. The van der Waals surface area contributed by atoms with Crippen molar-refractivity contribution in [1.29, 1.82) is 0 Å². The van der Waals surface area contributed by atoms with E-state index in [0.717, 1.165) is 11.3 Å². The quantitative estimate of drug-likeness (QED) is 0.680. The molecule has 27 heavy (non-hydrogen) atoms. The van der Waals surface area contributed by atoms with Gasteiger partial charge in [0.2, 0.25) is 10.0 Å². The van der Waals surface area contributed by atoms with E-state index < -0.39 is 10.0 Å². The van der Waals surface area contributed by atoms with Gasteiger partial charge in [0.15, 0.2) is 0 Å². The summed E-state index contributed by atoms with van der Waals surface area (Å²) in [6, 6.07) is 13.1. The largest absolute Gasteiger partial charge is 0.348 e. The van der Waals surface area contributed by atoms with E-state index in [1.54, 1.807) is 35.9 Å². The van der Waals surface area contributed by atoms with Crippen LogP contribution >= 0.6 is 11.6 Å². The number of nitrogens with two attached hydrogens (primary N) is 1. The van der Waals surface area contributed by atoms with E-state index in [1.165, 1.54) is 18.3 Å². The van der Waals surface area contributed by atoms with Crippen LogP contribution in [-0.2, 0) is 16.6 Å². The molecule has 7 nitrogen and oxygen atoms in total. The number of aromatic nitrogens is 2. The first-order valence-electron chi connectivity index (χ1n) is 7.96. The zero-order valence-electron chi connectivity index (χ0n) is 14.4. The van der Waals surface area contributed by atoms with Crippen LogP contribution in [0.5, 0.6) is 0 Å².